The highest BCUT2D eigenvalue weighted by Crippen LogP contribution is 2.22. The van der Waals surface area contributed by atoms with Gasteiger partial charge in [-0.1, -0.05) is 23.9 Å². The fourth-order valence-corrected chi connectivity index (χ4v) is 2.87. The number of alkyl halides is 3. The molecule has 2 heterocycles. The summed E-state index contributed by atoms with van der Waals surface area (Å²) in [4.78, 5) is 4.79. The number of allylic oxidation sites excluding steroid dienone is 2. The Kier molecular flexibility index (Phi) is 5.89. The summed E-state index contributed by atoms with van der Waals surface area (Å²) in [6.07, 6.45) is 8.81. The van der Waals surface area contributed by atoms with Crippen molar-refractivity contribution in [3.63, 3.8) is 0 Å². The van der Waals surface area contributed by atoms with Crippen molar-refractivity contribution in [2.45, 2.75) is 18.3 Å². The van der Waals surface area contributed by atoms with Gasteiger partial charge in [0.05, 0.1) is 0 Å². The standard InChI is InChI=1S/C14H13NS.CHF3O3S/c1-2-9-16-14(5-1)12-6-7-13-11(10-12)4-3-8-15-13;2-1(3,4)8(5,6)7/h1-2,5-7,9-10H,3-4,8H2;(H,5,6,7). The Hall–Kier alpha value is -1.58. The zero-order chi connectivity index (χ0) is 17.8. The van der Waals surface area contributed by atoms with Crippen molar-refractivity contribution in [1.82, 2.24) is 0 Å². The fraction of sp³-hybridized carbons (Fsp3) is 0.267. The number of thioether (sulfide) groups is 1. The minimum absolute atomic E-state index is 1.11. The smallest absolute Gasteiger partial charge is 0.485 e. The van der Waals surface area contributed by atoms with E-state index in [9.17, 15) is 13.2 Å². The predicted octanol–water partition coefficient (Wildman–Crippen LogP) is 0.309. The van der Waals surface area contributed by atoms with E-state index in [-0.39, 0.29) is 0 Å². The third-order valence-corrected chi connectivity index (χ3v) is 4.73. The SMILES string of the molecule is C1=CSC(=c2ccc3c(c2)CCC[NH+]=3)C=C1.O=S(=O)([O-])C(F)(F)F. The van der Waals surface area contributed by atoms with Crippen LogP contribution in [0.4, 0.5) is 13.2 Å². The molecular formula is C15H14F3NO3S2. The first kappa shape index (κ1) is 18.8. The molecule has 0 bridgehead atoms. The Labute approximate surface area is 141 Å². The second-order valence-electron chi connectivity index (χ2n) is 4.97. The van der Waals surface area contributed by atoms with Crippen LogP contribution in [0.25, 0.3) is 4.91 Å². The summed E-state index contributed by atoms with van der Waals surface area (Å²) < 4.78 is 58.9. The Bertz CT molecular complexity index is 888. The van der Waals surface area contributed by atoms with E-state index in [2.05, 4.69) is 46.8 Å². The van der Waals surface area contributed by atoms with Crippen molar-refractivity contribution in [3.8, 4) is 0 Å². The van der Waals surface area contributed by atoms with Crippen molar-refractivity contribution in [2.24, 2.45) is 0 Å². The second kappa shape index (κ2) is 7.54. The van der Waals surface area contributed by atoms with Gasteiger partial charge in [-0.05, 0) is 35.3 Å². The first-order valence-corrected chi connectivity index (χ1v) is 9.23. The van der Waals surface area contributed by atoms with Gasteiger partial charge in [0, 0.05) is 23.0 Å². The number of rotatable bonds is 0. The summed E-state index contributed by atoms with van der Waals surface area (Å²) in [6.45, 7) is 1.11. The zero-order valence-electron chi connectivity index (χ0n) is 12.3. The minimum Gasteiger partial charge on any atom is -0.741 e. The molecule has 0 unspecified atom stereocenters. The Morgan fingerprint density at radius 1 is 1.21 bits per heavy atom. The van der Waals surface area contributed by atoms with Gasteiger partial charge in [-0.2, -0.15) is 13.2 Å². The van der Waals surface area contributed by atoms with Crippen LogP contribution in [-0.2, 0) is 16.5 Å². The third-order valence-electron chi connectivity index (χ3n) is 3.24. The number of nitrogens with one attached hydrogen (secondary N) is 1. The largest absolute Gasteiger partial charge is 0.741 e. The van der Waals surface area contributed by atoms with Crippen LogP contribution in [0.1, 0.15) is 12.0 Å². The van der Waals surface area contributed by atoms with E-state index >= 15 is 0 Å². The Morgan fingerprint density at radius 3 is 2.50 bits per heavy atom. The predicted molar refractivity (Wildman–Crippen MR) is 84.0 cm³/mol. The first-order valence-electron chi connectivity index (χ1n) is 6.94. The van der Waals surface area contributed by atoms with Gasteiger partial charge in [0.1, 0.15) is 6.54 Å². The van der Waals surface area contributed by atoms with Crippen molar-refractivity contribution in [2.75, 3.05) is 6.54 Å². The van der Waals surface area contributed by atoms with Crippen molar-refractivity contribution in [3.05, 3.63) is 58.0 Å². The molecular weight excluding hydrogens is 363 g/mol. The normalized spacial score (nSPS) is 19.0. The van der Waals surface area contributed by atoms with Gasteiger partial charge in [-0.25, -0.2) is 13.4 Å². The van der Waals surface area contributed by atoms with E-state index in [0.717, 1.165) is 6.54 Å². The van der Waals surface area contributed by atoms with Gasteiger partial charge in [0.15, 0.2) is 10.1 Å². The Balaban J connectivity index is 0.000000224. The molecule has 0 saturated heterocycles. The van der Waals surface area contributed by atoms with Crippen molar-refractivity contribution in [1.29, 1.82) is 0 Å². The highest BCUT2D eigenvalue weighted by Gasteiger charge is 2.36. The fourth-order valence-electron chi connectivity index (χ4n) is 2.13. The van der Waals surface area contributed by atoms with Crippen LogP contribution in [0, 0.1) is 0 Å². The van der Waals surface area contributed by atoms with E-state index in [1.165, 1.54) is 33.9 Å². The number of aryl methyl sites for hydroxylation is 1. The molecule has 0 aromatic heterocycles. The molecule has 1 N–H and O–H groups in total. The van der Waals surface area contributed by atoms with Crippen LogP contribution in [0.2, 0.25) is 0 Å². The summed E-state index contributed by atoms with van der Waals surface area (Å²) in [7, 11) is -6.09. The average Bonchev–Trinajstić information content (AvgIpc) is 2.54. The van der Waals surface area contributed by atoms with Gasteiger partial charge in [-0.3, -0.25) is 0 Å². The maximum Gasteiger partial charge on any atom is 0.485 e. The lowest BCUT2D eigenvalue weighted by molar-refractivity contribution is -0.505. The summed E-state index contributed by atoms with van der Waals surface area (Å²) in [5.74, 6) is 0. The van der Waals surface area contributed by atoms with Gasteiger partial charge < -0.3 is 4.55 Å². The molecule has 2 aliphatic heterocycles. The number of fused-ring (bicyclic) bond motifs is 1. The van der Waals surface area contributed by atoms with Crippen LogP contribution >= 0.6 is 11.8 Å². The first-order chi connectivity index (χ1) is 11.2. The average molecular weight is 377 g/mol. The number of hydrogen-bond donors (Lipinski definition) is 1. The van der Waals surface area contributed by atoms with E-state index in [4.69, 9.17) is 13.0 Å². The maximum absolute atomic E-state index is 10.7. The van der Waals surface area contributed by atoms with E-state index in [1.807, 2.05) is 0 Å². The van der Waals surface area contributed by atoms with Gasteiger partial charge in [0.25, 0.3) is 0 Å². The molecule has 0 saturated carbocycles. The lowest BCUT2D eigenvalue weighted by Crippen LogP contribution is -2.79. The van der Waals surface area contributed by atoms with Crippen LogP contribution in [0.15, 0.2) is 41.8 Å². The summed E-state index contributed by atoms with van der Waals surface area (Å²) in [5.41, 5.74) is -4.19. The number of hydrogen-bond acceptors (Lipinski definition) is 4. The van der Waals surface area contributed by atoms with Crippen LogP contribution < -0.4 is 15.6 Å². The molecule has 1 aromatic carbocycles. The highest BCUT2D eigenvalue weighted by atomic mass is 32.2. The quantitative estimate of drug-likeness (QED) is 0.522. The topological polar surface area (TPSA) is 71.2 Å². The molecule has 0 aliphatic carbocycles. The molecule has 1 aromatic rings. The molecule has 130 valence electrons. The van der Waals surface area contributed by atoms with Gasteiger partial charge in [0.2, 0.25) is 5.36 Å². The monoisotopic (exact) mass is 377 g/mol. The molecule has 3 rings (SSSR count). The molecule has 0 fully saturated rings. The van der Waals surface area contributed by atoms with E-state index in [1.54, 1.807) is 11.8 Å². The number of benzene rings is 1. The molecule has 4 nitrogen and oxygen atoms in total. The molecule has 24 heavy (non-hydrogen) atoms. The number of halogens is 3. The summed E-state index contributed by atoms with van der Waals surface area (Å²) in [6, 6.07) is 6.75. The lowest BCUT2D eigenvalue weighted by Gasteiger charge is -2.08. The molecule has 0 amide bonds. The lowest BCUT2D eigenvalue weighted by atomic mass is 10.1. The van der Waals surface area contributed by atoms with Gasteiger partial charge in [-0.15, -0.1) is 0 Å². The van der Waals surface area contributed by atoms with Crippen LogP contribution in [-0.4, -0.2) is 25.0 Å². The Morgan fingerprint density at radius 2 is 1.92 bits per heavy atom. The summed E-state index contributed by atoms with van der Waals surface area (Å²) >= 11 is 1.80. The molecule has 9 heteroatoms. The maximum atomic E-state index is 10.7. The van der Waals surface area contributed by atoms with E-state index < -0.39 is 15.6 Å². The molecule has 0 atom stereocenters. The third kappa shape index (κ3) is 4.96. The zero-order valence-corrected chi connectivity index (χ0v) is 14.0. The molecule has 0 radical (unpaired) electrons. The van der Waals surface area contributed by atoms with E-state index in [0.29, 0.717) is 0 Å². The minimum atomic E-state index is -6.09. The molecule has 2 aliphatic rings. The highest BCUT2D eigenvalue weighted by molar-refractivity contribution is 8.10. The van der Waals surface area contributed by atoms with Crippen LogP contribution in [0.5, 0.6) is 0 Å². The van der Waals surface area contributed by atoms with Crippen molar-refractivity contribution < 1.29 is 31.1 Å². The molecule has 0 spiro atoms. The van der Waals surface area contributed by atoms with Gasteiger partial charge >= 0.3 is 5.51 Å². The van der Waals surface area contributed by atoms with Crippen molar-refractivity contribution >= 4 is 26.8 Å². The van der Waals surface area contributed by atoms with Crippen LogP contribution in [0.3, 0.4) is 0 Å². The summed E-state index contributed by atoms with van der Waals surface area (Å²) in [5, 5.41) is 4.79. The second-order valence-corrected chi connectivity index (χ2v) is 7.29.